The van der Waals surface area contributed by atoms with Gasteiger partial charge < -0.3 is 14.6 Å². The number of halogens is 1. The number of ether oxygens (including phenoxy) is 2. The van der Waals surface area contributed by atoms with Gasteiger partial charge in [-0.15, -0.1) is 0 Å². The number of carbonyl (C=O) groups is 2. The molecule has 1 aliphatic heterocycles. The molecule has 186 valence electrons. The molecule has 0 saturated carbocycles. The Kier molecular flexibility index (Phi) is 7.36. The third-order valence-electron chi connectivity index (χ3n) is 6.20. The van der Waals surface area contributed by atoms with E-state index in [1.165, 1.54) is 18.1 Å². The number of nitrogens with zero attached hydrogens (tertiary/aromatic N) is 1. The first kappa shape index (κ1) is 25.3. The molecular weight excluding hydrogens is 478 g/mol. The average Bonchev–Trinajstić information content (AvgIpc) is 3.14. The van der Waals surface area contributed by atoms with E-state index in [-0.39, 0.29) is 21.9 Å². The van der Waals surface area contributed by atoms with Crippen molar-refractivity contribution in [2.45, 2.75) is 32.7 Å². The maximum Gasteiger partial charge on any atom is 0.300 e. The number of aliphatic hydroxyl groups is 1. The van der Waals surface area contributed by atoms with Gasteiger partial charge in [0, 0.05) is 11.3 Å². The van der Waals surface area contributed by atoms with Crippen LogP contribution < -0.4 is 14.4 Å². The first-order valence-electron chi connectivity index (χ1n) is 11.7. The van der Waals surface area contributed by atoms with E-state index >= 15 is 0 Å². The van der Waals surface area contributed by atoms with Gasteiger partial charge in [-0.3, -0.25) is 14.5 Å². The molecule has 7 heteroatoms. The second-order valence-corrected chi connectivity index (χ2v) is 9.17. The van der Waals surface area contributed by atoms with Crippen molar-refractivity contribution in [1.29, 1.82) is 0 Å². The molecule has 3 aromatic rings. The van der Waals surface area contributed by atoms with Gasteiger partial charge in [0.15, 0.2) is 0 Å². The van der Waals surface area contributed by atoms with E-state index in [9.17, 15) is 14.7 Å². The van der Waals surface area contributed by atoms with E-state index < -0.39 is 17.7 Å². The highest BCUT2D eigenvalue weighted by Gasteiger charge is 2.47. The summed E-state index contributed by atoms with van der Waals surface area (Å²) in [5, 5.41) is 11.6. The van der Waals surface area contributed by atoms with E-state index in [1.807, 2.05) is 31.2 Å². The lowest BCUT2D eigenvalue weighted by Crippen LogP contribution is -2.29. The molecular formula is C29H28ClNO5. The largest absolute Gasteiger partial charge is 0.507 e. The highest BCUT2D eigenvalue weighted by Crippen LogP contribution is 2.44. The predicted molar refractivity (Wildman–Crippen MR) is 141 cm³/mol. The van der Waals surface area contributed by atoms with Gasteiger partial charge in [0.25, 0.3) is 11.7 Å². The number of hydrogen-bond donors (Lipinski definition) is 1. The van der Waals surface area contributed by atoms with Crippen LogP contribution in [0.1, 0.15) is 49.4 Å². The molecule has 0 bridgehead atoms. The molecule has 1 N–H and O–H groups in total. The average molecular weight is 506 g/mol. The molecule has 1 fully saturated rings. The van der Waals surface area contributed by atoms with Crippen LogP contribution in [0.4, 0.5) is 5.69 Å². The van der Waals surface area contributed by atoms with Crippen LogP contribution in [0.15, 0.2) is 72.3 Å². The summed E-state index contributed by atoms with van der Waals surface area (Å²) in [5.41, 5.74) is 2.41. The smallest absolute Gasteiger partial charge is 0.300 e. The van der Waals surface area contributed by atoms with Crippen LogP contribution in [0.2, 0.25) is 5.02 Å². The number of amides is 1. The minimum Gasteiger partial charge on any atom is -0.507 e. The number of anilines is 1. The van der Waals surface area contributed by atoms with Gasteiger partial charge in [-0.2, -0.15) is 0 Å². The number of benzene rings is 3. The molecule has 3 aromatic carbocycles. The number of ketones is 1. The van der Waals surface area contributed by atoms with Gasteiger partial charge >= 0.3 is 0 Å². The molecule has 1 heterocycles. The Morgan fingerprint density at radius 1 is 1.03 bits per heavy atom. The molecule has 4 rings (SSSR count). The number of rotatable bonds is 7. The van der Waals surface area contributed by atoms with Crippen molar-refractivity contribution in [2.24, 2.45) is 0 Å². The Bertz CT molecular complexity index is 1330. The summed E-state index contributed by atoms with van der Waals surface area (Å²) in [6, 6.07) is 18.5. The third-order valence-corrected chi connectivity index (χ3v) is 6.53. The Balaban J connectivity index is 1.94. The highest BCUT2D eigenvalue weighted by atomic mass is 35.5. The van der Waals surface area contributed by atoms with E-state index in [1.54, 1.807) is 36.4 Å². The zero-order valence-corrected chi connectivity index (χ0v) is 21.4. The van der Waals surface area contributed by atoms with Gasteiger partial charge in [0.05, 0.1) is 30.4 Å². The molecule has 0 radical (unpaired) electrons. The van der Waals surface area contributed by atoms with E-state index in [0.29, 0.717) is 35.3 Å². The third kappa shape index (κ3) is 4.69. The zero-order chi connectivity index (χ0) is 26.0. The summed E-state index contributed by atoms with van der Waals surface area (Å²) >= 11 is 6.39. The van der Waals surface area contributed by atoms with Crippen LogP contribution in [0.25, 0.3) is 5.76 Å². The van der Waals surface area contributed by atoms with Crippen molar-refractivity contribution in [1.82, 2.24) is 0 Å². The topological polar surface area (TPSA) is 76.1 Å². The van der Waals surface area contributed by atoms with Crippen LogP contribution >= 0.6 is 11.6 Å². The van der Waals surface area contributed by atoms with Crippen molar-refractivity contribution in [2.75, 3.05) is 18.6 Å². The standard InChI is InChI=1S/C29H28ClNO5/c1-5-36-22-8-6-7-19(15-22)26-25(27(32)23-16-21(35-4)13-14-24(23)30)28(33)29(34)31(26)20-11-9-18(10-12-20)17(2)3/h6-17,26,32H,5H2,1-4H3/b27-25+. The summed E-state index contributed by atoms with van der Waals surface area (Å²) in [6.45, 7) is 6.50. The van der Waals surface area contributed by atoms with Gasteiger partial charge in [-0.25, -0.2) is 0 Å². The van der Waals surface area contributed by atoms with Crippen LogP contribution in [0.3, 0.4) is 0 Å². The number of carbonyl (C=O) groups excluding carboxylic acids is 2. The van der Waals surface area contributed by atoms with Gasteiger partial charge in [-0.1, -0.05) is 49.7 Å². The predicted octanol–water partition coefficient (Wildman–Crippen LogP) is 6.50. The Morgan fingerprint density at radius 2 is 1.75 bits per heavy atom. The SMILES string of the molecule is CCOc1cccc(C2/C(=C(\O)c3cc(OC)ccc3Cl)C(=O)C(=O)N2c2ccc(C(C)C)cc2)c1. The molecule has 1 amide bonds. The van der Waals surface area contributed by atoms with Crippen LogP contribution in [-0.2, 0) is 9.59 Å². The first-order valence-corrected chi connectivity index (χ1v) is 12.1. The van der Waals surface area contributed by atoms with E-state index in [2.05, 4.69) is 13.8 Å². The van der Waals surface area contributed by atoms with Gasteiger partial charge in [-0.05, 0) is 66.4 Å². The van der Waals surface area contributed by atoms with Crippen molar-refractivity contribution >= 4 is 34.7 Å². The number of aliphatic hydroxyl groups excluding tert-OH is 1. The molecule has 0 aromatic heterocycles. The maximum absolute atomic E-state index is 13.4. The molecule has 1 unspecified atom stereocenters. The maximum atomic E-state index is 13.4. The first-order chi connectivity index (χ1) is 17.3. The minimum absolute atomic E-state index is 0.0586. The lowest BCUT2D eigenvalue weighted by atomic mass is 9.94. The Hall–Kier alpha value is -3.77. The van der Waals surface area contributed by atoms with Crippen molar-refractivity contribution in [3.05, 3.63) is 94.0 Å². The molecule has 1 aliphatic rings. The van der Waals surface area contributed by atoms with E-state index in [4.69, 9.17) is 21.1 Å². The molecule has 1 saturated heterocycles. The fraction of sp³-hybridized carbons (Fsp3) is 0.241. The van der Waals surface area contributed by atoms with Crippen LogP contribution in [-0.4, -0.2) is 30.5 Å². The second-order valence-electron chi connectivity index (χ2n) is 8.77. The monoisotopic (exact) mass is 505 g/mol. The van der Waals surface area contributed by atoms with Crippen LogP contribution in [0.5, 0.6) is 11.5 Å². The van der Waals surface area contributed by atoms with Gasteiger partial charge in [0.2, 0.25) is 0 Å². The second kappa shape index (κ2) is 10.5. The molecule has 36 heavy (non-hydrogen) atoms. The summed E-state index contributed by atoms with van der Waals surface area (Å²) in [4.78, 5) is 28.3. The Morgan fingerprint density at radius 3 is 2.39 bits per heavy atom. The summed E-state index contributed by atoms with van der Waals surface area (Å²) in [6.07, 6.45) is 0. The lowest BCUT2D eigenvalue weighted by molar-refractivity contribution is -0.132. The number of Topliss-reactive ketones (excluding diaryl/α,β-unsaturated/α-hetero) is 1. The number of hydrogen-bond acceptors (Lipinski definition) is 5. The zero-order valence-electron chi connectivity index (χ0n) is 20.6. The fourth-order valence-corrected chi connectivity index (χ4v) is 4.54. The van der Waals surface area contributed by atoms with E-state index in [0.717, 1.165) is 5.56 Å². The lowest BCUT2D eigenvalue weighted by Gasteiger charge is -2.26. The highest BCUT2D eigenvalue weighted by molar-refractivity contribution is 6.52. The van der Waals surface area contributed by atoms with Gasteiger partial charge in [0.1, 0.15) is 17.3 Å². The molecule has 0 aliphatic carbocycles. The fourth-order valence-electron chi connectivity index (χ4n) is 4.33. The molecule has 6 nitrogen and oxygen atoms in total. The van der Waals surface area contributed by atoms with Crippen molar-refractivity contribution in [3.63, 3.8) is 0 Å². The summed E-state index contributed by atoms with van der Waals surface area (Å²) < 4.78 is 10.9. The quantitative estimate of drug-likeness (QED) is 0.225. The Labute approximate surface area is 215 Å². The van der Waals surface area contributed by atoms with Crippen molar-refractivity contribution in [3.8, 4) is 11.5 Å². The minimum atomic E-state index is -0.891. The summed E-state index contributed by atoms with van der Waals surface area (Å²) in [5.74, 6) is -0.552. The normalized spacial score (nSPS) is 17.1. The summed E-state index contributed by atoms with van der Waals surface area (Å²) in [7, 11) is 1.49. The number of methoxy groups -OCH3 is 1. The molecule has 0 spiro atoms. The van der Waals surface area contributed by atoms with Crippen molar-refractivity contribution < 1.29 is 24.2 Å². The molecule has 1 atom stereocenters. The van der Waals surface area contributed by atoms with Crippen LogP contribution in [0, 0.1) is 0 Å².